The molecular formula is C10H18OS2. The second-order valence-corrected chi connectivity index (χ2v) is 5.47. The van der Waals surface area contributed by atoms with Crippen molar-refractivity contribution in [3.63, 3.8) is 0 Å². The van der Waals surface area contributed by atoms with Gasteiger partial charge in [0.2, 0.25) is 0 Å². The largest absolute Gasteiger partial charge is 0.380 e. The Morgan fingerprint density at radius 2 is 2.15 bits per heavy atom. The van der Waals surface area contributed by atoms with Crippen LogP contribution in [-0.2, 0) is 4.74 Å². The first-order chi connectivity index (χ1) is 6.43. The Balaban J connectivity index is 1.65. The summed E-state index contributed by atoms with van der Waals surface area (Å²) in [4.78, 5) is 0. The highest BCUT2D eigenvalue weighted by Crippen LogP contribution is 2.28. The van der Waals surface area contributed by atoms with E-state index < -0.39 is 0 Å². The van der Waals surface area contributed by atoms with Crippen LogP contribution in [0.4, 0.5) is 0 Å². The molecule has 0 aromatic rings. The molecule has 0 unspecified atom stereocenters. The molecule has 1 saturated carbocycles. The van der Waals surface area contributed by atoms with Crippen molar-refractivity contribution in [2.45, 2.75) is 12.8 Å². The van der Waals surface area contributed by atoms with Crippen molar-refractivity contribution >= 4 is 23.5 Å². The molecule has 1 nitrogen and oxygen atoms in total. The average molecular weight is 218 g/mol. The zero-order valence-electron chi connectivity index (χ0n) is 8.04. The Hall–Kier alpha value is 0.400. The van der Waals surface area contributed by atoms with Gasteiger partial charge in [-0.1, -0.05) is 6.58 Å². The van der Waals surface area contributed by atoms with Crippen molar-refractivity contribution in [3.05, 3.63) is 12.0 Å². The molecule has 0 radical (unpaired) electrons. The Labute approximate surface area is 89.7 Å². The van der Waals surface area contributed by atoms with Gasteiger partial charge in [-0.3, -0.25) is 0 Å². The second kappa shape index (κ2) is 7.77. The summed E-state index contributed by atoms with van der Waals surface area (Å²) in [5.41, 5.74) is 0. The third-order valence-electron chi connectivity index (χ3n) is 1.89. The van der Waals surface area contributed by atoms with Crippen LogP contribution in [0.1, 0.15) is 12.8 Å². The van der Waals surface area contributed by atoms with Crippen LogP contribution in [0.15, 0.2) is 12.0 Å². The van der Waals surface area contributed by atoms with E-state index >= 15 is 0 Å². The predicted molar refractivity (Wildman–Crippen MR) is 63.5 cm³/mol. The molecule has 1 rings (SSSR count). The van der Waals surface area contributed by atoms with Crippen LogP contribution in [0.5, 0.6) is 0 Å². The van der Waals surface area contributed by atoms with Crippen molar-refractivity contribution in [3.8, 4) is 0 Å². The summed E-state index contributed by atoms with van der Waals surface area (Å²) in [5.74, 6) is 4.44. The van der Waals surface area contributed by atoms with Gasteiger partial charge in [0, 0.05) is 23.9 Å². The highest BCUT2D eigenvalue weighted by Gasteiger charge is 2.20. The van der Waals surface area contributed by atoms with Crippen molar-refractivity contribution in [2.75, 3.05) is 30.5 Å². The molecule has 0 aromatic heterocycles. The number of hydrogen-bond donors (Lipinski definition) is 0. The molecule has 0 heterocycles. The Morgan fingerprint density at radius 3 is 2.85 bits per heavy atom. The topological polar surface area (TPSA) is 9.23 Å². The van der Waals surface area contributed by atoms with Gasteiger partial charge in [-0.05, 0) is 24.2 Å². The highest BCUT2D eigenvalue weighted by atomic mass is 32.2. The molecule has 0 saturated heterocycles. The summed E-state index contributed by atoms with van der Waals surface area (Å²) in [6.45, 7) is 5.60. The smallest absolute Gasteiger partial charge is 0.0556 e. The third-order valence-corrected chi connectivity index (χ3v) is 3.77. The van der Waals surface area contributed by atoms with Crippen molar-refractivity contribution < 1.29 is 4.74 Å². The van der Waals surface area contributed by atoms with Gasteiger partial charge in [0.05, 0.1) is 6.61 Å². The maximum Gasteiger partial charge on any atom is 0.0556 e. The van der Waals surface area contributed by atoms with Crippen molar-refractivity contribution in [1.29, 1.82) is 0 Å². The van der Waals surface area contributed by atoms with Gasteiger partial charge in [0.1, 0.15) is 0 Å². The van der Waals surface area contributed by atoms with E-state index in [1.54, 1.807) is 11.8 Å². The third kappa shape index (κ3) is 7.47. The van der Waals surface area contributed by atoms with Gasteiger partial charge in [0.25, 0.3) is 0 Å². The predicted octanol–water partition coefficient (Wildman–Crippen LogP) is 3.02. The summed E-state index contributed by atoms with van der Waals surface area (Å²) in [5, 5.41) is 1.91. The van der Waals surface area contributed by atoms with Crippen LogP contribution in [-0.4, -0.2) is 30.5 Å². The highest BCUT2D eigenvalue weighted by molar-refractivity contribution is 8.04. The molecule has 0 amide bonds. The van der Waals surface area contributed by atoms with E-state index in [1.807, 2.05) is 17.2 Å². The second-order valence-electron chi connectivity index (χ2n) is 3.17. The summed E-state index contributed by atoms with van der Waals surface area (Å²) in [7, 11) is 0. The molecule has 1 aliphatic rings. The van der Waals surface area contributed by atoms with Crippen molar-refractivity contribution in [2.24, 2.45) is 5.92 Å². The van der Waals surface area contributed by atoms with E-state index in [4.69, 9.17) is 4.74 Å². The zero-order valence-corrected chi connectivity index (χ0v) is 9.67. The maximum absolute atomic E-state index is 5.52. The average Bonchev–Trinajstić information content (AvgIpc) is 2.93. The molecule has 13 heavy (non-hydrogen) atoms. The molecule has 1 aliphatic carbocycles. The SMILES string of the molecule is C=CSCCSCCOCC1CC1. The fourth-order valence-electron chi connectivity index (χ4n) is 0.945. The van der Waals surface area contributed by atoms with E-state index in [0.717, 1.165) is 24.9 Å². The maximum atomic E-state index is 5.52. The first kappa shape index (κ1) is 11.5. The Morgan fingerprint density at radius 1 is 1.31 bits per heavy atom. The van der Waals surface area contributed by atoms with Gasteiger partial charge in [0.15, 0.2) is 0 Å². The first-order valence-corrected chi connectivity index (χ1v) is 7.02. The van der Waals surface area contributed by atoms with Crippen molar-refractivity contribution in [1.82, 2.24) is 0 Å². The molecule has 0 spiro atoms. The normalized spacial score (nSPS) is 16.0. The van der Waals surface area contributed by atoms with Crippen LogP contribution in [0.25, 0.3) is 0 Å². The van der Waals surface area contributed by atoms with E-state index in [0.29, 0.717) is 0 Å². The van der Waals surface area contributed by atoms with Gasteiger partial charge in [-0.25, -0.2) is 0 Å². The fraction of sp³-hybridized carbons (Fsp3) is 0.800. The molecule has 76 valence electrons. The minimum atomic E-state index is 0.904. The molecule has 0 atom stereocenters. The van der Waals surface area contributed by atoms with Crippen LogP contribution in [0, 0.1) is 5.92 Å². The zero-order chi connectivity index (χ0) is 9.36. The number of rotatable bonds is 9. The van der Waals surface area contributed by atoms with Gasteiger partial charge >= 0.3 is 0 Å². The van der Waals surface area contributed by atoms with Crippen LogP contribution in [0.3, 0.4) is 0 Å². The molecule has 1 fully saturated rings. The monoisotopic (exact) mass is 218 g/mol. The molecule has 0 aliphatic heterocycles. The minimum absolute atomic E-state index is 0.904. The first-order valence-electron chi connectivity index (χ1n) is 4.81. The summed E-state index contributed by atoms with van der Waals surface area (Å²) < 4.78 is 5.52. The lowest BCUT2D eigenvalue weighted by Gasteiger charge is -2.02. The molecule has 0 aromatic carbocycles. The summed E-state index contributed by atoms with van der Waals surface area (Å²) >= 11 is 3.76. The fourth-order valence-corrected chi connectivity index (χ4v) is 2.41. The summed E-state index contributed by atoms with van der Waals surface area (Å²) in [6, 6.07) is 0. The van der Waals surface area contributed by atoms with Crippen LogP contribution in [0.2, 0.25) is 0 Å². The van der Waals surface area contributed by atoms with Gasteiger partial charge in [-0.15, -0.1) is 11.8 Å². The standard InChI is InChI=1S/C10H18OS2/c1-2-12-7-8-13-6-5-11-9-10-3-4-10/h2,10H,1,3-9H2. The number of thioether (sulfide) groups is 2. The van der Waals surface area contributed by atoms with Crippen LogP contribution >= 0.6 is 23.5 Å². The quantitative estimate of drug-likeness (QED) is 0.551. The molecule has 3 heteroatoms. The summed E-state index contributed by atoms with van der Waals surface area (Å²) in [6.07, 6.45) is 2.78. The molecular weight excluding hydrogens is 200 g/mol. The molecule has 0 bridgehead atoms. The lowest BCUT2D eigenvalue weighted by molar-refractivity contribution is 0.139. The van der Waals surface area contributed by atoms with Gasteiger partial charge < -0.3 is 4.74 Å². The number of hydrogen-bond acceptors (Lipinski definition) is 3. The van der Waals surface area contributed by atoms with E-state index in [9.17, 15) is 0 Å². The molecule has 0 N–H and O–H groups in total. The van der Waals surface area contributed by atoms with Crippen LogP contribution < -0.4 is 0 Å². The lowest BCUT2D eigenvalue weighted by Crippen LogP contribution is -2.01. The van der Waals surface area contributed by atoms with E-state index in [1.165, 1.54) is 24.3 Å². The van der Waals surface area contributed by atoms with E-state index in [-0.39, 0.29) is 0 Å². The number of ether oxygens (including phenoxy) is 1. The Bertz CT molecular complexity index is 135. The lowest BCUT2D eigenvalue weighted by atomic mass is 10.5. The van der Waals surface area contributed by atoms with E-state index in [2.05, 4.69) is 6.58 Å². The Kier molecular flexibility index (Phi) is 6.86. The minimum Gasteiger partial charge on any atom is -0.380 e. The van der Waals surface area contributed by atoms with Gasteiger partial charge in [-0.2, -0.15) is 11.8 Å².